The maximum Gasteiger partial charge on any atom is 0.203 e. The van der Waals surface area contributed by atoms with E-state index in [1.165, 1.54) is 12.2 Å². The summed E-state index contributed by atoms with van der Waals surface area (Å²) in [5.74, 6) is 0. The first kappa shape index (κ1) is 17.7. The molecule has 1 aliphatic rings. The van der Waals surface area contributed by atoms with Gasteiger partial charge in [0.05, 0.1) is 4.91 Å². The van der Waals surface area contributed by atoms with Gasteiger partial charge < -0.3 is 0 Å². The Balaban J connectivity index is 2.60. The van der Waals surface area contributed by atoms with E-state index in [1.54, 1.807) is 24.3 Å². The lowest BCUT2D eigenvalue weighted by Gasteiger charge is -2.18. The Morgan fingerprint density at radius 1 is 1.04 bits per heavy atom. The van der Waals surface area contributed by atoms with Crippen LogP contribution in [0.2, 0.25) is 0 Å². The van der Waals surface area contributed by atoms with Crippen LogP contribution >= 0.6 is 0 Å². The van der Waals surface area contributed by atoms with Gasteiger partial charge in [-0.25, -0.2) is 8.42 Å². The van der Waals surface area contributed by atoms with Crippen molar-refractivity contribution < 1.29 is 8.42 Å². The van der Waals surface area contributed by atoms with E-state index in [2.05, 4.69) is 0 Å². The third-order valence-corrected chi connectivity index (χ3v) is 5.78. The van der Waals surface area contributed by atoms with Crippen molar-refractivity contribution in [1.82, 2.24) is 0 Å². The van der Waals surface area contributed by atoms with Crippen molar-refractivity contribution in [3.8, 4) is 12.1 Å². The molecule has 0 bridgehead atoms. The van der Waals surface area contributed by atoms with Crippen molar-refractivity contribution in [2.45, 2.75) is 32.6 Å². The number of hydrogen-bond acceptors (Lipinski definition) is 4. The van der Waals surface area contributed by atoms with E-state index in [0.717, 1.165) is 19.3 Å². The topological polar surface area (TPSA) is 81.7 Å². The van der Waals surface area contributed by atoms with Crippen LogP contribution in [-0.2, 0) is 9.84 Å². The molecule has 0 fully saturated rings. The molecule has 0 saturated heterocycles. The largest absolute Gasteiger partial charge is 0.219 e. The van der Waals surface area contributed by atoms with Crippen LogP contribution in [-0.4, -0.2) is 8.42 Å². The molecular weight excluding hydrogens is 320 g/mol. The fourth-order valence-electron chi connectivity index (χ4n) is 2.55. The second-order valence-electron chi connectivity index (χ2n) is 5.50. The molecule has 122 valence electrons. The first-order valence-corrected chi connectivity index (χ1v) is 9.30. The molecular formula is C19H18N2O2S. The average Bonchev–Trinajstić information content (AvgIpc) is 2.59. The lowest BCUT2D eigenvalue weighted by Crippen LogP contribution is -2.12. The Morgan fingerprint density at radius 2 is 1.71 bits per heavy atom. The second-order valence-corrected chi connectivity index (χ2v) is 7.47. The normalized spacial score (nSPS) is 15.7. The van der Waals surface area contributed by atoms with Crippen LogP contribution in [0, 0.1) is 22.7 Å². The molecule has 1 aromatic rings. The molecule has 0 N–H and O–H groups in total. The zero-order valence-electron chi connectivity index (χ0n) is 13.5. The number of rotatable bonds is 5. The highest BCUT2D eigenvalue weighted by Gasteiger charge is 2.29. The van der Waals surface area contributed by atoms with Crippen LogP contribution in [0.4, 0.5) is 0 Å². The van der Waals surface area contributed by atoms with Gasteiger partial charge in [-0.3, -0.25) is 0 Å². The summed E-state index contributed by atoms with van der Waals surface area (Å²) in [6, 6.07) is 12.5. The van der Waals surface area contributed by atoms with Gasteiger partial charge in [-0.15, -0.1) is 0 Å². The summed E-state index contributed by atoms with van der Waals surface area (Å²) in [5, 5.41) is 18.3. The third-order valence-electron chi connectivity index (χ3n) is 3.84. The predicted octanol–water partition coefficient (Wildman–Crippen LogP) is 4.26. The van der Waals surface area contributed by atoms with E-state index >= 15 is 0 Å². The number of nitrogens with zero attached hydrogens (tertiary/aromatic N) is 2. The fraction of sp³-hybridized carbons (Fsp3) is 0.263. The van der Waals surface area contributed by atoms with Crippen molar-refractivity contribution >= 4 is 14.7 Å². The van der Waals surface area contributed by atoms with Crippen molar-refractivity contribution in [3.05, 3.63) is 64.1 Å². The molecule has 1 heterocycles. The van der Waals surface area contributed by atoms with Gasteiger partial charge in [0.25, 0.3) is 0 Å². The van der Waals surface area contributed by atoms with Crippen molar-refractivity contribution in [2.75, 3.05) is 0 Å². The molecule has 2 rings (SSSR count). The Bertz CT molecular complexity index is 877. The summed E-state index contributed by atoms with van der Waals surface area (Å²) in [5.41, 5.74) is 0.845. The van der Waals surface area contributed by atoms with Crippen molar-refractivity contribution in [1.29, 1.82) is 10.5 Å². The summed E-state index contributed by atoms with van der Waals surface area (Å²) < 4.78 is 25.9. The van der Waals surface area contributed by atoms with Gasteiger partial charge in [0.1, 0.15) is 17.7 Å². The highest BCUT2D eigenvalue weighted by atomic mass is 32.2. The minimum absolute atomic E-state index is 0.0775. The highest BCUT2D eigenvalue weighted by molar-refractivity contribution is 8.04. The lowest BCUT2D eigenvalue weighted by molar-refractivity contribution is 0.606. The number of allylic oxidation sites excluding steroid dienone is 5. The summed E-state index contributed by atoms with van der Waals surface area (Å²) in [6.07, 6.45) is 5.98. The monoisotopic (exact) mass is 338 g/mol. The molecule has 5 heteroatoms. The molecule has 0 radical (unpaired) electrons. The van der Waals surface area contributed by atoms with E-state index < -0.39 is 9.84 Å². The quantitative estimate of drug-likeness (QED) is 0.593. The Labute approximate surface area is 143 Å². The van der Waals surface area contributed by atoms with Gasteiger partial charge in [0.15, 0.2) is 0 Å². The van der Waals surface area contributed by atoms with E-state index in [4.69, 9.17) is 10.5 Å². The zero-order valence-corrected chi connectivity index (χ0v) is 14.3. The van der Waals surface area contributed by atoms with E-state index in [9.17, 15) is 8.42 Å². The molecule has 24 heavy (non-hydrogen) atoms. The number of unbranched alkanes of at least 4 members (excludes halogenated alkanes) is 2. The van der Waals surface area contributed by atoms with E-state index in [-0.39, 0.29) is 15.4 Å². The molecule has 0 amide bonds. The van der Waals surface area contributed by atoms with Crippen LogP contribution in [0.1, 0.15) is 38.2 Å². The first-order valence-electron chi connectivity index (χ1n) is 7.81. The van der Waals surface area contributed by atoms with Gasteiger partial charge in [0, 0.05) is 10.5 Å². The molecule has 0 atom stereocenters. The van der Waals surface area contributed by atoms with Crippen LogP contribution in [0.15, 0.2) is 58.5 Å². The van der Waals surface area contributed by atoms with Crippen LogP contribution in [0.3, 0.4) is 0 Å². The molecule has 0 aliphatic carbocycles. The number of hydrogen-bond donors (Lipinski definition) is 0. The smallest absolute Gasteiger partial charge is 0.203 e. The molecule has 0 saturated carbocycles. The average molecular weight is 338 g/mol. The highest BCUT2D eigenvalue weighted by Crippen LogP contribution is 2.36. The molecule has 0 spiro atoms. The van der Waals surface area contributed by atoms with Crippen molar-refractivity contribution in [3.63, 3.8) is 0 Å². The van der Waals surface area contributed by atoms with E-state index in [0.29, 0.717) is 17.6 Å². The maximum absolute atomic E-state index is 12.9. The second kappa shape index (κ2) is 7.77. The minimum atomic E-state index is -3.61. The maximum atomic E-state index is 12.9. The lowest BCUT2D eigenvalue weighted by atomic mass is 10.1. The Morgan fingerprint density at radius 3 is 2.29 bits per heavy atom. The number of sulfone groups is 1. The first-order chi connectivity index (χ1) is 11.5. The Kier molecular flexibility index (Phi) is 5.73. The fourth-order valence-corrected chi connectivity index (χ4v) is 4.25. The standard InChI is InChI=1S/C19H18N2O2S/c1-2-3-5-10-18-11-16(17(13-20)14-21)12-19(24(18,22)23)15-8-6-4-7-9-15/h4,6-9,11-12H,2-3,5,10H2,1H3. The minimum Gasteiger partial charge on any atom is -0.219 e. The third kappa shape index (κ3) is 3.64. The van der Waals surface area contributed by atoms with Crippen LogP contribution in [0.25, 0.3) is 4.91 Å². The van der Waals surface area contributed by atoms with Gasteiger partial charge in [-0.05, 0) is 30.6 Å². The summed E-state index contributed by atoms with van der Waals surface area (Å²) in [4.78, 5) is 0.422. The predicted molar refractivity (Wildman–Crippen MR) is 93.8 cm³/mol. The molecule has 0 unspecified atom stereocenters. The Hall–Kier alpha value is -2.63. The molecule has 1 aromatic carbocycles. The molecule has 0 aromatic heterocycles. The molecule has 1 aliphatic heterocycles. The summed E-state index contributed by atoms with van der Waals surface area (Å²) in [7, 11) is -3.61. The summed E-state index contributed by atoms with van der Waals surface area (Å²) >= 11 is 0. The molecule has 4 nitrogen and oxygen atoms in total. The SMILES string of the molecule is CCCCCC1=CC(=C(C#N)C#N)C=C(c2ccccc2)S1(=O)=O. The van der Waals surface area contributed by atoms with Crippen molar-refractivity contribution in [2.24, 2.45) is 0 Å². The summed E-state index contributed by atoms with van der Waals surface area (Å²) in [6.45, 7) is 2.05. The number of benzene rings is 1. The van der Waals surface area contributed by atoms with Crippen LogP contribution in [0.5, 0.6) is 0 Å². The van der Waals surface area contributed by atoms with Gasteiger partial charge >= 0.3 is 0 Å². The van der Waals surface area contributed by atoms with Gasteiger partial charge in [-0.1, -0.05) is 50.1 Å². The van der Waals surface area contributed by atoms with E-state index in [1.807, 2.05) is 25.1 Å². The van der Waals surface area contributed by atoms with Gasteiger partial charge in [-0.2, -0.15) is 10.5 Å². The number of nitriles is 2. The van der Waals surface area contributed by atoms with Gasteiger partial charge in [0.2, 0.25) is 9.84 Å². The zero-order chi connectivity index (χ0) is 17.6. The van der Waals surface area contributed by atoms with Crippen LogP contribution < -0.4 is 0 Å².